The Balaban J connectivity index is 0.00000147. The van der Waals surface area contributed by atoms with Gasteiger partial charge in [-0.1, -0.05) is 0 Å². The first-order chi connectivity index (χ1) is 9.20. The van der Waals surface area contributed by atoms with Crippen LogP contribution in [0, 0.1) is 5.82 Å². The van der Waals surface area contributed by atoms with Crippen molar-refractivity contribution in [2.45, 2.75) is 18.9 Å². The third-order valence-electron chi connectivity index (χ3n) is 3.66. The van der Waals surface area contributed by atoms with Crippen LogP contribution in [-0.2, 0) is 0 Å². The first-order valence-electron chi connectivity index (χ1n) is 6.39. The normalized spacial score (nSPS) is 16.1. The van der Waals surface area contributed by atoms with Gasteiger partial charge >= 0.3 is 5.69 Å². The molecule has 2 aromatic rings. The van der Waals surface area contributed by atoms with Gasteiger partial charge in [0.2, 0.25) is 0 Å². The van der Waals surface area contributed by atoms with Gasteiger partial charge in [-0.05, 0) is 25.9 Å². The van der Waals surface area contributed by atoms with E-state index in [2.05, 4.69) is 10.3 Å². The van der Waals surface area contributed by atoms with Crippen LogP contribution in [0.25, 0.3) is 11.0 Å². The van der Waals surface area contributed by atoms with Gasteiger partial charge in [0.25, 0.3) is 0 Å². The van der Waals surface area contributed by atoms with E-state index < -0.39 is 5.82 Å². The number of H-pyrrole nitrogens is 1. The molecule has 7 heteroatoms. The zero-order valence-electron chi connectivity index (χ0n) is 11.1. The molecule has 0 spiro atoms. The van der Waals surface area contributed by atoms with Crippen LogP contribution >= 0.6 is 12.4 Å². The largest absolute Gasteiger partial charge is 0.497 e. The molecule has 0 radical (unpaired) electrons. The molecular weight excluding hydrogens is 285 g/mol. The van der Waals surface area contributed by atoms with Crippen LogP contribution in [0.2, 0.25) is 0 Å². The molecule has 1 aromatic heterocycles. The van der Waals surface area contributed by atoms with Crippen LogP contribution in [-0.4, -0.2) is 29.8 Å². The van der Waals surface area contributed by atoms with Crippen molar-refractivity contribution < 1.29 is 9.13 Å². The third kappa shape index (κ3) is 2.41. The molecule has 1 aliphatic rings. The second kappa shape index (κ2) is 5.85. The van der Waals surface area contributed by atoms with Crippen molar-refractivity contribution in [2.75, 3.05) is 20.2 Å². The molecule has 0 amide bonds. The van der Waals surface area contributed by atoms with Crippen LogP contribution < -0.4 is 15.7 Å². The molecule has 3 rings (SSSR count). The van der Waals surface area contributed by atoms with Crippen molar-refractivity contribution >= 4 is 23.4 Å². The molecule has 1 aliphatic heterocycles. The SMILES string of the molecule is COc1cc(F)c2[nH]c(=O)n(C3CCNCC3)c2c1.Cl. The molecule has 0 saturated carbocycles. The summed E-state index contributed by atoms with van der Waals surface area (Å²) >= 11 is 0. The lowest BCUT2D eigenvalue weighted by atomic mass is 10.1. The van der Waals surface area contributed by atoms with Crippen molar-refractivity contribution in [3.8, 4) is 5.75 Å². The topological polar surface area (TPSA) is 59.1 Å². The predicted octanol–water partition coefficient (Wildman–Crippen LogP) is 1.82. The summed E-state index contributed by atoms with van der Waals surface area (Å²) in [5.74, 6) is -0.0363. The van der Waals surface area contributed by atoms with E-state index in [1.54, 1.807) is 10.6 Å². The van der Waals surface area contributed by atoms with Crippen molar-refractivity contribution in [3.63, 3.8) is 0 Å². The van der Waals surface area contributed by atoms with E-state index in [9.17, 15) is 9.18 Å². The Bertz CT molecular complexity index is 661. The number of nitrogens with one attached hydrogen (secondary N) is 2. The number of piperidine rings is 1. The lowest BCUT2D eigenvalue weighted by Crippen LogP contribution is -2.33. The van der Waals surface area contributed by atoms with Crippen molar-refractivity contribution in [3.05, 3.63) is 28.4 Å². The minimum atomic E-state index is -0.459. The molecule has 0 unspecified atom stereocenters. The Hall–Kier alpha value is -1.53. The molecule has 0 aliphatic carbocycles. The number of nitrogens with zero attached hydrogens (tertiary/aromatic N) is 1. The number of imidazole rings is 1. The average molecular weight is 302 g/mol. The van der Waals surface area contributed by atoms with Crippen molar-refractivity contribution in [1.29, 1.82) is 0 Å². The second-order valence-electron chi connectivity index (χ2n) is 4.78. The first kappa shape index (κ1) is 14.9. The second-order valence-corrected chi connectivity index (χ2v) is 4.78. The van der Waals surface area contributed by atoms with E-state index in [0.717, 1.165) is 25.9 Å². The highest BCUT2D eigenvalue weighted by Crippen LogP contribution is 2.26. The van der Waals surface area contributed by atoms with Gasteiger partial charge in [-0.15, -0.1) is 12.4 Å². The molecule has 1 fully saturated rings. The van der Waals surface area contributed by atoms with E-state index in [1.807, 2.05) is 0 Å². The Kier molecular flexibility index (Phi) is 4.35. The fourth-order valence-electron chi connectivity index (χ4n) is 2.70. The summed E-state index contributed by atoms with van der Waals surface area (Å²) in [5.41, 5.74) is 0.576. The van der Waals surface area contributed by atoms with Gasteiger partial charge in [-0.25, -0.2) is 9.18 Å². The summed E-state index contributed by atoms with van der Waals surface area (Å²) in [6.07, 6.45) is 1.73. The summed E-state index contributed by atoms with van der Waals surface area (Å²) < 4.78 is 20.6. The Morgan fingerprint density at radius 3 is 2.70 bits per heavy atom. The van der Waals surface area contributed by atoms with E-state index in [1.165, 1.54) is 13.2 Å². The van der Waals surface area contributed by atoms with Gasteiger partial charge in [-0.2, -0.15) is 0 Å². The summed E-state index contributed by atoms with van der Waals surface area (Å²) in [6, 6.07) is 3.10. The highest BCUT2D eigenvalue weighted by Gasteiger charge is 2.21. The molecule has 20 heavy (non-hydrogen) atoms. The van der Waals surface area contributed by atoms with Crippen molar-refractivity contribution in [1.82, 2.24) is 14.9 Å². The number of aromatic nitrogens is 2. The zero-order valence-corrected chi connectivity index (χ0v) is 11.9. The average Bonchev–Trinajstić information content (AvgIpc) is 2.76. The van der Waals surface area contributed by atoms with Crippen LogP contribution in [0.4, 0.5) is 4.39 Å². The highest BCUT2D eigenvalue weighted by atomic mass is 35.5. The predicted molar refractivity (Wildman–Crippen MR) is 77.5 cm³/mol. The Labute approximate surface area is 121 Å². The fourth-order valence-corrected chi connectivity index (χ4v) is 2.70. The lowest BCUT2D eigenvalue weighted by molar-refractivity contribution is 0.368. The van der Waals surface area contributed by atoms with E-state index in [-0.39, 0.29) is 29.7 Å². The number of hydrogen-bond acceptors (Lipinski definition) is 3. The number of ether oxygens (including phenoxy) is 1. The molecular formula is C13H17ClFN3O2. The van der Waals surface area contributed by atoms with Gasteiger partial charge in [0.15, 0.2) is 5.82 Å². The number of fused-ring (bicyclic) bond motifs is 1. The quantitative estimate of drug-likeness (QED) is 0.889. The monoisotopic (exact) mass is 301 g/mol. The Morgan fingerprint density at radius 2 is 2.05 bits per heavy atom. The summed E-state index contributed by atoms with van der Waals surface area (Å²) in [5, 5.41) is 3.25. The van der Waals surface area contributed by atoms with Gasteiger partial charge < -0.3 is 15.0 Å². The molecule has 1 aromatic carbocycles. The van der Waals surface area contributed by atoms with Crippen molar-refractivity contribution in [2.24, 2.45) is 0 Å². The molecule has 1 saturated heterocycles. The highest BCUT2D eigenvalue weighted by molar-refractivity contribution is 5.85. The van der Waals surface area contributed by atoms with Gasteiger partial charge in [0, 0.05) is 18.2 Å². The minimum absolute atomic E-state index is 0. The standard InChI is InChI=1S/C13H16FN3O2.ClH/c1-19-9-6-10(14)12-11(7-9)17(13(18)16-12)8-2-4-15-5-3-8;/h6-8,15H,2-5H2,1H3,(H,16,18);1H. The van der Waals surface area contributed by atoms with Crippen LogP contribution in [0.1, 0.15) is 18.9 Å². The molecule has 0 bridgehead atoms. The molecule has 5 nitrogen and oxygen atoms in total. The van der Waals surface area contributed by atoms with Crippen LogP contribution in [0.5, 0.6) is 5.75 Å². The maximum atomic E-state index is 13.9. The van der Waals surface area contributed by atoms with Crippen LogP contribution in [0.3, 0.4) is 0 Å². The number of benzene rings is 1. The van der Waals surface area contributed by atoms with E-state index in [4.69, 9.17) is 4.74 Å². The summed E-state index contributed by atoms with van der Waals surface area (Å²) in [7, 11) is 1.49. The number of rotatable bonds is 2. The number of hydrogen-bond donors (Lipinski definition) is 2. The van der Waals surface area contributed by atoms with E-state index in [0.29, 0.717) is 11.3 Å². The van der Waals surface area contributed by atoms with Gasteiger partial charge in [0.1, 0.15) is 11.3 Å². The zero-order chi connectivity index (χ0) is 13.4. The third-order valence-corrected chi connectivity index (χ3v) is 3.66. The number of aromatic amines is 1. The van der Waals surface area contributed by atoms with Crippen LogP contribution in [0.15, 0.2) is 16.9 Å². The fraction of sp³-hybridized carbons (Fsp3) is 0.462. The summed E-state index contributed by atoms with van der Waals surface area (Å²) in [4.78, 5) is 14.7. The van der Waals surface area contributed by atoms with E-state index >= 15 is 0 Å². The first-order valence-corrected chi connectivity index (χ1v) is 6.39. The maximum absolute atomic E-state index is 13.9. The van der Waals surface area contributed by atoms with Gasteiger partial charge in [-0.3, -0.25) is 4.57 Å². The molecule has 2 heterocycles. The minimum Gasteiger partial charge on any atom is -0.497 e. The summed E-state index contributed by atoms with van der Waals surface area (Å²) in [6.45, 7) is 1.74. The smallest absolute Gasteiger partial charge is 0.326 e. The lowest BCUT2D eigenvalue weighted by Gasteiger charge is -2.23. The maximum Gasteiger partial charge on any atom is 0.326 e. The number of methoxy groups -OCH3 is 1. The molecule has 110 valence electrons. The molecule has 2 N–H and O–H groups in total. The Morgan fingerprint density at radius 1 is 1.35 bits per heavy atom. The molecule has 0 atom stereocenters. The number of halogens is 2. The van der Waals surface area contributed by atoms with Gasteiger partial charge in [0.05, 0.1) is 12.6 Å².